The molecule has 0 saturated carbocycles. The van der Waals surface area contributed by atoms with E-state index in [9.17, 15) is 13.2 Å². The van der Waals surface area contributed by atoms with Crippen molar-refractivity contribution in [3.8, 4) is 0 Å². The predicted molar refractivity (Wildman–Crippen MR) is 103 cm³/mol. The van der Waals surface area contributed by atoms with Crippen LogP contribution >= 0.6 is 0 Å². The molecule has 2 aromatic carbocycles. The Hall–Kier alpha value is -2.80. The Labute approximate surface area is 152 Å². The van der Waals surface area contributed by atoms with Crippen molar-refractivity contribution in [2.75, 3.05) is 15.8 Å². The summed E-state index contributed by atoms with van der Waals surface area (Å²) in [4.78, 5) is 12.4. The zero-order valence-corrected chi connectivity index (χ0v) is 15.4. The third-order valence-electron chi connectivity index (χ3n) is 3.78. The maximum absolute atomic E-state index is 12.4. The van der Waals surface area contributed by atoms with Crippen LogP contribution in [0.25, 0.3) is 11.0 Å². The van der Waals surface area contributed by atoms with Crippen molar-refractivity contribution in [1.82, 2.24) is 0 Å². The Morgan fingerprint density at radius 1 is 1.04 bits per heavy atom. The molecule has 136 valence electrons. The molecule has 0 spiro atoms. The molecule has 0 fully saturated rings. The van der Waals surface area contributed by atoms with Crippen molar-refractivity contribution in [2.45, 2.75) is 20.3 Å². The SMILES string of the molecule is CCCS(=O)(=O)Nc1ccc(NC(=O)c2cc3cc(C)ccc3o2)cc1. The lowest BCUT2D eigenvalue weighted by Gasteiger charge is -2.08. The van der Waals surface area contributed by atoms with Gasteiger partial charge in [0, 0.05) is 16.8 Å². The van der Waals surface area contributed by atoms with E-state index in [2.05, 4.69) is 10.0 Å². The molecular weight excluding hydrogens is 352 g/mol. The molecule has 1 aromatic heterocycles. The summed E-state index contributed by atoms with van der Waals surface area (Å²) in [5, 5.41) is 3.61. The molecule has 0 radical (unpaired) electrons. The number of hydrogen-bond donors (Lipinski definition) is 2. The first-order chi connectivity index (χ1) is 12.4. The van der Waals surface area contributed by atoms with Gasteiger partial charge in [-0.15, -0.1) is 0 Å². The van der Waals surface area contributed by atoms with Crippen molar-refractivity contribution in [2.24, 2.45) is 0 Å². The molecule has 0 aliphatic heterocycles. The van der Waals surface area contributed by atoms with E-state index in [1.54, 1.807) is 37.3 Å². The fraction of sp³-hybridized carbons (Fsp3) is 0.211. The number of carbonyl (C=O) groups is 1. The molecule has 0 atom stereocenters. The zero-order valence-electron chi connectivity index (χ0n) is 14.6. The van der Waals surface area contributed by atoms with Crippen LogP contribution in [-0.4, -0.2) is 20.1 Å². The first-order valence-electron chi connectivity index (χ1n) is 8.28. The van der Waals surface area contributed by atoms with Crippen molar-refractivity contribution in [3.63, 3.8) is 0 Å². The van der Waals surface area contributed by atoms with Gasteiger partial charge in [-0.3, -0.25) is 9.52 Å². The van der Waals surface area contributed by atoms with Crippen LogP contribution in [0.15, 0.2) is 52.9 Å². The van der Waals surface area contributed by atoms with Crippen LogP contribution < -0.4 is 10.0 Å². The molecule has 0 unspecified atom stereocenters. The third kappa shape index (κ3) is 4.23. The Kier molecular flexibility index (Phi) is 4.99. The molecule has 1 amide bonds. The van der Waals surface area contributed by atoms with Crippen molar-refractivity contribution >= 4 is 38.3 Å². The van der Waals surface area contributed by atoms with E-state index in [-0.39, 0.29) is 17.4 Å². The normalized spacial score (nSPS) is 11.5. The number of hydrogen-bond acceptors (Lipinski definition) is 4. The smallest absolute Gasteiger partial charge is 0.291 e. The number of carbonyl (C=O) groups excluding carboxylic acids is 1. The maximum atomic E-state index is 12.4. The maximum Gasteiger partial charge on any atom is 0.291 e. The second-order valence-corrected chi connectivity index (χ2v) is 7.95. The monoisotopic (exact) mass is 372 g/mol. The molecule has 0 saturated heterocycles. The lowest BCUT2D eigenvalue weighted by molar-refractivity contribution is 0.0998. The zero-order chi connectivity index (χ0) is 18.7. The van der Waals surface area contributed by atoms with Gasteiger partial charge in [0.25, 0.3) is 5.91 Å². The van der Waals surface area contributed by atoms with Gasteiger partial charge in [-0.2, -0.15) is 0 Å². The summed E-state index contributed by atoms with van der Waals surface area (Å²) >= 11 is 0. The van der Waals surface area contributed by atoms with Crippen LogP contribution in [0.3, 0.4) is 0 Å². The van der Waals surface area contributed by atoms with Gasteiger partial charge < -0.3 is 9.73 Å². The summed E-state index contributed by atoms with van der Waals surface area (Å²) in [5.41, 5.74) is 2.74. The molecule has 0 aliphatic rings. The van der Waals surface area contributed by atoms with Crippen LogP contribution in [0.5, 0.6) is 0 Å². The predicted octanol–water partition coefficient (Wildman–Crippen LogP) is 4.15. The number of fused-ring (bicyclic) bond motifs is 1. The summed E-state index contributed by atoms with van der Waals surface area (Å²) in [5.74, 6) is -0.0757. The van der Waals surface area contributed by atoms with Gasteiger partial charge in [0.2, 0.25) is 10.0 Å². The highest BCUT2D eigenvalue weighted by Crippen LogP contribution is 2.22. The standard InChI is InChI=1S/C19H20N2O4S/c1-3-10-26(23,24)21-16-7-5-15(6-8-16)20-19(22)18-12-14-11-13(2)4-9-17(14)25-18/h4-9,11-12,21H,3,10H2,1-2H3,(H,20,22). The molecule has 3 aromatic rings. The average molecular weight is 372 g/mol. The van der Waals surface area contributed by atoms with Gasteiger partial charge in [0.05, 0.1) is 5.75 Å². The molecule has 26 heavy (non-hydrogen) atoms. The fourth-order valence-corrected chi connectivity index (χ4v) is 3.72. The number of rotatable bonds is 6. The van der Waals surface area contributed by atoms with E-state index in [0.29, 0.717) is 23.4 Å². The number of sulfonamides is 1. The van der Waals surface area contributed by atoms with Crippen LogP contribution in [-0.2, 0) is 10.0 Å². The Morgan fingerprint density at radius 2 is 1.73 bits per heavy atom. The number of benzene rings is 2. The molecule has 6 nitrogen and oxygen atoms in total. The molecule has 1 heterocycles. The lowest BCUT2D eigenvalue weighted by atomic mass is 10.2. The molecule has 2 N–H and O–H groups in total. The third-order valence-corrected chi connectivity index (χ3v) is 5.28. The van der Waals surface area contributed by atoms with E-state index in [1.807, 2.05) is 25.1 Å². The van der Waals surface area contributed by atoms with Gasteiger partial charge in [0.15, 0.2) is 5.76 Å². The van der Waals surface area contributed by atoms with Gasteiger partial charge >= 0.3 is 0 Å². The summed E-state index contributed by atoms with van der Waals surface area (Å²) in [6.07, 6.45) is 0.542. The minimum Gasteiger partial charge on any atom is -0.451 e. The number of amides is 1. The van der Waals surface area contributed by atoms with Crippen molar-refractivity contribution < 1.29 is 17.6 Å². The number of aryl methyl sites for hydroxylation is 1. The van der Waals surface area contributed by atoms with Crippen molar-refractivity contribution in [3.05, 3.63) is 59.9 Å². The summed E-state index contributed by atoms with van der Waals surface area (Å²) < 4.78 is 31.6. The van der Waals surface area contributed by atoms with Crippen LogP contribution in [0.2, 0.25) is 0 Å². The highest BCUT2D eigenvalue weighted by atomic mass is 32.2. The number of nitrogens with one attached hydrogen (secondary N) is 2. The number of anilines is 2. The van der Waals surface area contributed by atoms with Gasteiger partial charge in [-0.1, -0.05) is 18.6 Å². The largest absolute Gasteiger partial charge is 0.451 e. The van der Waals surface area contributed by atoms with E-state index < -0.39 is 10.0 Å². The first kappa shape index (κ1) is 18.0. The number of furan rings is 1. The average Bonchev–Trinajstić information content (AvgIpc) is 2.99. The molecule has 0 bridgehead atoms. The quantitative estimate of drug-likeness (QED) is 0.680. The Morgan fingerprint density at radius 3 is 2.42 bits per heavy atom. The van der Waals surface area contributed by atoms with Gasteiger partial charge in [-0.25, -0.2) is 8.42 Å². The second kappa shape index (κ2) is 7.21. The second-order valence-electron chi connectivity index (χ2n) is 6.10. The minimum atomic E-state index is -3.33. The summed E-state index contributed by atoms with van der Waals surface area (Å²) in [7, 11) is -3.33. The molecule has 7 heteroatoms. The fourth-order valence-electron chi connectivity index (χ4n) is 2.59. The lowest BCUT2D eigenvalue weighted by Crippen LogP contribution is -2.16. The highest BCUT2D eigenvalue weighted by molar-refractivity contribution is 7.92. The minimum absolute atomic E-state index is 0.0665. The molecule has 0 aliphatic carbocycles. The van der Waals surface area contributed by atoms with Gasteiger partial charge in [0.1, 0.15) is 5.58 Å². The van der Waals surface area contributed by atoms with Gasteiger partial charge in [-0.05, 0) is 55.8 Å². The van der Waals surface area contributed by atoms with Crippen LogP contribution in [0, 0.1) is 6.92 Å². The first-order valence-corrected chi connectivity index (χ1v) is 9.93. The highest BCUT2D eigenvalue weighted by Gasteiger charge is 2.13. The molecular formula is C19H20N2O4S. The van der Waals surface area contributed by atoms with Crippen molar-refractivity contribution in [1.29, 1.82) is 0 Å². The summed E-state index contributed by atoms with van der Waals surface area (Å²) in [6, 6.07) is 13.9. The van der Waals surface area contributed by atoms with E-state index in [0.717, 1.165) is 10.9 Å². The van der Waals surface area contributed by atoms with E-state index in [1.165, 1.54) is 0 Å². The topological polar surface area (TPSA) is 88.4 Å². The summed E-state index contributed by atoms with van der Waals surface area (Å²) in [6.45, 7) is 3.78. The van der Waals surface area contributed by atoms with E-state index in [4.69, 9.17) is 4.42 Å². The van der Waals surface area contributed by atoms with Crippen LogP contribution in [0.4, 0.5) is 11.4 Å². The van der Waals surface area contributed by atoms with Crippen LogP contribution in [0.1, 0.15) is 29.5 Å². The van der Waals surface area contributed by atoms with E-state index >= 15 is 0 Å². The molecule has 3 rings (SSSR count). The Bertz CT molecular complexity index is 1040. The Balaban J connectivity index is 1.70.